The van der Waals surface area contributed by atoms with Crippen LogP contribution in [0.2, 0.25) is 0 Å². The molecule has 3 nitrogen and oxygen atoms in total. The monoisotopic (exact) mass is 222 g/mol. The Morgan fingerprint density at radius 1 is 1.31 bits per heavy atom. The van der Waals surface area contributed by atoms with Crippen molar-refractivity contribution in [2.45, 2.75) is 25.2 Å². The summed E-state index contributed by atoms with van der Waals surface area (Å²) in [6.45, 7) is 5.20. The molecule has 3 heteroatoms. The maximum absolute atomic E-state index is 9.91. The fraction of sp³-hybridized carbons (Fsp3) is 0.385. The molecule has 0 radical (unpaired) electrons. The van der Waals surface area contributed by atoms with E-state index < -0.39 is 17.8 Å². The maximum Gasteiger partial charge on any atom is 0.196 e. The lowest BCUT2D eigenvalue weighted by molar-refractivity contribution is -0.256. The largest absolute Gasteiger partial charge is 0.383 e. The zero-order chi connectivity index (χ0) is 12.2. The van der Waals surface area contributed by atoms with Gasteiger partial charge in [0.15, 0.2) is 5.79 Å². The van der Waals surface area contributed by atoms with Crippen molar-refractivity contribution < 1.29 is 15.3 Å². The van der Waals surface area contributed by atoms with Gasteiger partial charge in [0.2, 0.25) is 0 Å². The van der Waals surface area contributed by atoms with Crippen molar-refractivity contribution >= 4 is 0 Å². The minimum atomic E-state index is -2.14. The van der Waals surface area contributed by atoms with Crippen LogP contribution in [0, 0.1) is 5.92 Å². The highest BCUT2D eigenvalue weighted by Crippen LogP contribution is 2.31. The highest BCUT2D eigenvalue weighted by atomic mass is 16.5. The van der Waals surface area contributed by atoms with Gasteiger partial charge in [-0.2, -0.15) is 0 Å². The first-order valence-corrected chi connectivity index (χ1v) is 5.28. The van der Waals surface area contributed by atoms with E-state index >= 15 is 0 Å². The molecule has 0 aromatic heterocycles. The van der Waals surface area contributed by atoms with E-state index in [1.807, 2.05) is 0 Å². The summed E-state index contributed by atoms with van der Waals surface area (Å²) >= 11 is 0. The molecule has 0 heterocycles. The Hall–Kier alpha value is -1.16. The topological polar surface area (TPSA) is 60.7 Å². The van der Waals surface area contributed by atoms with E-state index in [-0.39, 0.29) is 0 Å². The van der Waals surface area contributed by atoms with Gasteiger partial charge in [0.05, 0.1) is 0 Å². The molecule has 1 aromatic carbocycles. The molecule has 0 bridgehead atoms. The van der Waals surface area contributed by atoms with Crippen LogP contribution in [0.5, 0.6) is 0 Å². The van der Waals surface area contributed by atoms with Crippen LogP contribution in [0.3, 0.4) is 0 Å². The van der Waals surface area contributed by atoms with Gasteiger partial charge in [0, 0.05) is 5.92 Å². The lowest BCUT2D eigenvalue weighted by atomic mass is 9.89. The average Bonchev–Trinajstić information content (AvgIpc) is 2.29. The standard InChI is InChI=1S/C13H18O3/c1-3-7-10(2)13(15,16)12(14)11-8-5-4-6-9-11/h3-6,8-10,12,14-16H,1,7H2,2H3. The van der Waals surface area contributed by atoms with Gasteiger partial charge in [-0.15, -0.1) is 6.58 Å². The smallest absolute Gasteiger partial charge is 0.196 e. The number of aliphatic hydroxyl groups is 3. The van der Waals surface area contributed by atoms with Crippen LogP contribution >= 0.6 is 0 Å². The second-order valence-electron chi connectivity index (χ2n) is 4.02. The summed E-state index contributed by atoms with van der Waals surface area (Å²) < 4.78 is 0. The van der Waals surface area contributed by atoms with Crippen molar-refractivity contribution in [1.82, 2.24) is 0 Å². The normalized spacial score (nSPS) is 15.5. The van der Waals surface area contributed by atoms with Gasteiger partial charge in [-0.3, -0.25) is 0 Å². The van der Waals surface area contributed by atoms with E-state index in [0.29, 0.717) is 12.0 Å². The molecule has 0 fully saturated rings. The number of allylic oxidation sites excluding steroid dienone is 1. The SMILES string of the molecule is C=CCC(C)C(O)(O)C(O)c1ccccc1. The molecule has 0 amide bonds. The lowest BCUT2D eigenvalue weighted by Gasteiger charge is -2.32. The van der Waals surface area contributed by atoms with Crippen LogP contribution in [0.15, 0.2) is 43.0 Å². The first-order chi connectivity index (χ1) is 7.50. The summed E-state index contributed by atoms with van der Waals surface area (Å²) in [6, 6.07) is 8.61. The molecule has 0 spiro atoms. The van der Waals surface area contributed by atoms with Gasteiger partial charge < -0.3 is 15.3 Å². The van der Waals surface area contributed by atoms with E-state index in [9.17, 15) is 15.3 Å². The van der Waals surface area contributed by atoms with E-state index in [1.54, 1.807) is 43.3 Å². The molecule has 0 saturated heterocycles. The van der Waals surface area contributed by atoms with Gasteiger partial charge in [0.1, 0.15) is 6.10 Å². The molecule has 0 saturated carbocycles. The Labute approximate surface area is 95.7 Å². The van der Waals surface area contributed by atoms with Crippen LogP contribution in [-0.2, 0) is 0 Å². The third kappa shape index (κ3) is 2.70. The van der Waals surface area contributed by atoms with E-state index in [1.165, 1.54) is 0 Å². The van der Waals surface area contributed by atoms with Gasteiger partial charge in [-0.25, -0.2) is 0 Å². The highest BCUT2D eigenvalue weighted by molar-refractivity contribution is 5.19. The van der Waals surface area contributed by atoms with Crippen LogP contribution in [0.25, 0.3) is 0 Å². The molecule has 1 aromatic rings. The number of hydrogen-bond acceptors (Lipinski definition) is 3. The molecule has 0 aliphatic heterocycles. The molecule has 2 atom stereocenters. The van der Waals surface area contributed by atoms with Crippen LogP contribution in [0.1, 0.15) is 25.0 Å². The van der Waals surface area contributed by atoms with Crippen molar-refractivity contribution in [3.8, 4) is 0 Å². The number of hydrogen-bond donors (Lipinski definition) is 3. The Balaban J connectivity index is 2.87. The maximum atomic E-state index is 9.91. The van der Waals surface area contributed by atoms with Crippen molar-refractivity contribution in [1.29, 1.82) is 0 Å². The Bertz CT molecular complexity index is 332. The van der Waals surface area contributed by atoms with Gasteiger partial charge in [0.25, 0.3) is 0 Å². The molecular formula is C13H18O3. The Morgan fingerprint density at radius 3 is 2.38 bits per heavy atom. The summed E-state index contributed by atoms with van der Waals surface area (Å²) in [4.78, 5) is 0. The first kappa shape index (κ1) is 12.9. The quantitative estimate of drug-likeness (QED) is 0.524. The number of rotatable bonds is 5. The zero-order valence-corrected chi connectivity index (χ0v) is 9.37. The Kier molecular flexibility index (Phi) is 4.24. The molecule has 16 heavy (non-hydrogen) atoms. The van der Waals surface area contributed by atoms with E-state index in [0.717, 1.165) is 0 Å². The highest BCUT2D eigenvalue weighted by Gasteiger charge is 2.39. The van der Waals surface area contributed by atoms with Crippen molar-refractivity contribution in [2.75, 3.05) is 0 Å². The third-order valence-corrected chi connectivity index (χ3v) is 2.76. The predicted molar refractivity (Wildman–Crippen MR) is 62.5 cm³/mol. The molecule has 2 unspecified atom stereocenters. The van der Waals surface area contributed by atoms with Gasteiger partial charge >= 0.3 is 0 Å². The fourth-order valence-corrected chi connectivity index (χ4v) is 1.57. The molecule has 3 N–H and O–H groups in total. The third-order valence-electron chi connectivity index (χ3n) is 2.76. The van der Waals surface area contributed by atoms with E-state index in [2.05, 4.69) is 6.58 Å². The molecule has 88 valence electrons. The first-order valence-electron chi connectivity index (χ1n) is 5.28. The predicted octanol–water partition coefficient (Wildman–Crippen LogP) is 1.61. The van der Waals surface area contributed by atoms with Crippen molar-refractivity contribution in [3.05, 3.63) is 48.6 Å². The average molecular weight is 222 g/mol. The van der Waals surface area contributed by atoms with Crippen LogP contribution in [-0.4, -0.2) is 21.1 Å². The van der Waals surface area contributed by atoms with Crippen LogP contribution < -0.4 is 0 Å². The summed E-state index contributed by atoms with van der Waals surface area (Å²) in [5, 5.41) is 29.7. The summed E-state index contributed by atoms with van der Waals surface area (Å²) in [6.07, 6.45) is 0.712. The van der Waals surface area contributed by atoms with Crippen molar-refractivity contribution in [3.63, 3.8) is 0 Å². The number of aliphatic hydroxyl groups excluding tert-OH is 1. The van der Waals surface area contributed by atoms with Crippen molar-refractivity contribution in [2.24, 2.45) is 5.92 Å². The van der Waals surface area contributed by atoms with E-state index in [4.69, 9.17) is 0 Å². The second kappa shape index (κ2) is 5.25. The summed E-state index contributed by atoms with van der Waals surface area (Å²) in [5.74, 6) is -2.63. The summed E-state index contributed by atoms with van der Waals surface area (Å²) in [5.41, 5.74) is 0.489. The van der Waals surface area contributed by atoms with Gasteiger partial charge in [-0.1, -0.05) is 43.3 Å². The zero-order valence-electron chi connectivity index (χ0n) is 9.37. The molecule has 1 rings (SSSR count). The molecular weight excluding hydrogens is 204 g/mol. The second-order valence-corrected chi connectivity index (χ2v) is 4.02. The lowest BCUT2D eigenvalue weighted by Crippen LogP contribution is -2.42. The number of benzene rings is 1. The summed E-state index contributed by atoms with van der Waals surface area (Å²) in [7, 11) is 0. The minimum absolute atomic E-state index is 0.427. The minimum Gasteiger partial charge on any atom is -0.383 e. The Morgan fingerprint density at radius 2 is 1.88 bits per heavy atom. The molecule has 0 aliphatic rings. The van der Waals surface area contributed by atoms with Gasteiger partial charge in [-0.05, 0) is 12.0 Å². The molecule has 0 aliphatic carbocycles. The van der Waals surface area contributed by atoms with Crippen LogP contribution in [0.4, 0.5) is 0 Å². The fourth-order valence-electron chi connectivity index (χ4n) is 1.57.